The average molecular weight is 392 g/mol. The van der Waals surface area contributed by atoms with Gasteiger partial charge >= 0.3 is 5.97 Å². The molecular weight excluding hydrogens is 362 g/mol. The molecule has 4 unspecified atom stereocenters. The molecule has 0 amide bonds. The first-order valence-electron chi connectivity index (χ1n) is 9.81. The minimum absolute atomic E-state index is 0.195. The van der Waals surface area contributed by atoms with Gasteiger partial charge in [-0.1, -0.05) is 29.8 Å². The van der Waals surface area contributed by atoms with Gasteiger partial charge in [0.2, 0.25) is 10.0 Å². The molecule has 2 fully saturated rings. The molecule has 2 N–H and O–H groups in total. The highest BCUT2D eigenvalue weighted by molar-refractivity contribution is 7.89. The molecule has 4 atom stereocenters. The van der Waals surface area contributed by atoms with Gasteiger partial charge in [0.1, 0.15) is 0 Å². The molecule has 2 bridgehead atoms. The number of carbonyl (C=O) groups is 1. The Morgan fingerprint density at radius 3 is 2.63 bits per heavy atom. The summed E-state index contributed by atoms with van der Waals surface area (Å²) in [7, 11) is -3.48. The van der Waals surface area contributed by atoms with Gasteiger partial charge < -0.3 is 5.11 Å². The summed E-state index contributed by atoms with van der Waals surface area (Å²) in [6.45, 7) is 2.41. The van der Waals surface area contributed by atoms with E-state index >= 15 is 0 Å². The van der Waals surface area contributed by atoms with Crippen molar-refractivity contribution < 1.29 is 18.3 Å². The number of aryl methyl sites for hydroxylation is 1. The number of hydrogen-bond acceptors (Lipinski definition) is 3. The van der Waals surface area contributed by atoms with E-state index in [-0.39, 0.29) is 6.42 Å². The van der Waals surface area contributed by atoms with Crippen LogP contribution in [0.15, 0.2) is 41.3 Å². The van der Waals surface area contributed by atoms with Crippen molar-refractivity contribution in [3.05, 3.63) is 42.0 Å². The number of fused-ring (bicyclic) bond motifs is 2. The van der Waals surface area contributed by atoms with Gasteiger partial charge in [0.05, 0.1) is 4.90 Å². The molecule has 0 aliphatic heterocycles. The Morgan fingerprint density at radius 2 is 1.93 bits per heavy atom. The number of nitrogens with one attached hydrogen (secondary N) is 1. The lowest BCUT2D eigenvalue weighted by atomic mass is 9.79. The fraction of sp³-hybridized carbons (Fsp3) is 0.571. The standard InChI is InChI=1S/C21H29NO4S/c1-15-7-11-18(12-8-15)27(25,26)22-14-20-17-10-9-16(13-17)19(20)5-3-2-4-6-21(23)24/h3,5,7-8,11-12,16-17,19-20,22H,2,4,6,9-10,13-14H2,1H3,(H,23,24). The molecule has 0 heterocycles. The van der Waals surface area contributed by atoms with E-state index in [1.807, 2.05) is 19.1 Å². The van der Waals surface area contributed by atoms with Crippen LogP contribution in [-0.4, -0.2) is 26.0 Å². The number of aliphatic carboxylic acids is 1. The molecule has 2 aliphatic rings. The van der Waals surface area contributed by atoms with Crippen molar-refractivity contribution in [1.29, 1.82) is 0 Å². The lowest BCUT2D eigenvalue weighted by Gasteiger charge is -2.29. The van der Waals surface area contributed by atoms with Crippen molar-refractivity contribution >= 4 is 16.0 Å². The Kier molecular flexibility index (Phi) is 6.37. The van der Waals surface area contributed by atoms with E-state index in [2.05, 4.69) is 16.9 Å². The third kappa shape index (κ3) is 4.99. The van der Waals surface area contributed by atoms with Crippen LogP contribution in [0.5, 0.6) is 0 Å². The second-order valence-corrected chi connectivity index (χ2v) is 9.72. The fourth-order valence-electron chi connectivity index (χ4n) is 4.69. The van der Waals surface area contributed by atoms with Crippen LogP contribution in [0.2, 0.25) is 0 Å². The van der Waals surface area contributed by atoms with Crippen LogP contribution < -0.4 is 4.72 Å². The summed E-state index contributed by atoms with van der Waals surface area (Å²) < 4.78 is 28.0. The number of rotatable bonds is 9. The quantitative estimate of drug-likeness (QED) is 0.496. The van der Waals surface area contributed by atoms with Gasteiger partial charge in [0.25, 0.3) is 0 Å². The summed E-state index contributed by atoms with van der Waals surface area (Å²) >= 11 is 0. The summed E-state index contributed by atoms with van der Waals surface area (Å²) in [5.41, 5.74) is 1.04. The largest absolute Gasteiger partial charge is 0.481 e. The van der Waals surface area contributed by atoms with E-state index < -0.39 is 16.0 Å². The van der Waals surface area contributed by atoms with Crippen LogP contribution in [0.1, 0.15) is 44.1 Å². The SMILES string of the molecule is Cc1ccc(S(=O)(=O)NCC2C3CCC(C3)C2C=CCCCC(=O)O)cc1. The highest BCUT2D eigenvalue weighted by atomic mass is 32.2. The zero-order valence-electron chi connectivity index (χ0n) is 15.8. The second-order valence-electron chi connectivity index (χ2n) is 7.95. The van der Waals surface area contributed by atoms with Gasteiger partial charge in [-0.15, -0.1) is 0 Å². The maximum atomic E-state index is 12.6. The van der Waals surface area contributed by atoms with Gasteiger partial charge in [-0.25, -0.2) is 13.1 Å². The Labute approximate surface area is 161 Å². The Hall–Kier alpha value is -1.66. The molecular formula is C21H29NO4S. The normalized spacial score (nSPS) is 27.4. The smallest absolute Gasteiger partial charge is 0.303 e. The molecule has 5 nitrogen and oxygen atoms in total. The van der Waals surface area contributed by atoms with E-state index in [0.29, 0.717) is 41.5 Å². The highest BCUT2D eigenvalue weighted by Gasteiger charge is 2.46. The summed E-state index contributed by atoms with van der Waals surface area (Å²) in [6.07, 6.45) is 9.51. The van der Waals surface area contributed by atoms with Crippen LogP contribution >= 0.6 is 0 Å². The molecule has 0 spiro atoms. The van der Waals surface area contributed by atoms with Gasteiger partial charge in [-0.3, -0.25) is 4.79 Å². The number of hydrogen-bond donors (Lipinski definition) is 2. The molecule has 3 rings (SSSR count). The van der Waals surface area contributed by atoms with Crippen LogP contribution in [-0.2, 0) is 14.8 Å². The lowest BCUT2D eigenvalue weighted by molar-refractivity contribution is -0.137. The summed E-state index contributed by atoms with van der Waals surface area (Å²) in [5, 5.41) is 8.72. The van der Waals surface area contributed by atoms with E-state index in [4.69, 9.17) is 5.11 Å². The molecule has 2 aliphatic carbocycles. The van der Waals surface area contributed by atoms with Crippen molar-refractivity contribution in [2.45, 2.75) is 50.3 Å². The molecule has 27 heavy (non-hydrogen) atoms. The molecule has 148 valence electrons. The fourth-order valence-corrected chi connectivity index (χ4v) is 5.76. The number of sulfonamides is 1. The van der Waals surface area contributed by atoms with Gasteiger partial charge in [-0.05, 0) is 74.8 Å². The van der Waals surface area contributed by atoms with E-state index in [1.165, 1.54) is 19.3 Å². The Balaban J connectivity index is 1.59. The van der Waals surface area contributed by atoms with Crippen LogP contribution in [0.25, 0.3) is 0 Å². The maximum Gasteiger partial charge on any atom is 0.303 e. The molecule has 0 saturated heterocycles. The second kappa shape index (κ2) is 8.57. The van der Waals surface area contributed by atoms with Crippen molar-refractivity contribution in [1.82, 2.24) is 4.72 Å². The van der Waals surface area contributed by atoms with E-state index in [0.717, 1.165) is 12.0 Å². The highest BCUT2D eigenvalue weighted by Crippen LogP contribution is 2.52. The van der Waals surface area contributed by atoms with Crippen LogP contribution in [0, 0.1) is 30.6 Å². The van der Waals surface area contributed by atoms with Crippen LogP contribution in [0.4, 0.5) is 0 Å². The molecule has 0 aromatic heterocycles. The minimum Gasteiger partial charge on any atom is -0.481 e. The van der Waals surface area contributed by atoms with Crippen molar-refractivity contribution in [2.24, 2.45) is 23.7 Å². The van der Waals surface area contributed by atoms with Crippen molar-refractivity contribution in [2.75, 3.05) is 6.54 Å². The predicted octanol–water partition coefficient (Wildman–Crippen LogP) is 3.75. The maximum absolute atomic E-state index is 12.6. The number of carboxylic acids is 1. The molecule has 6 heteroatoms. The van der Waals surface area contributed by atoms with Crippen LogP contribution in [0.3, 0.4) is 0 Å². The first kappa shape index (κ1) is 20.1. The Morgan fingerprint density at radius 1 is 1.22 bits per heavy atom. The Bertz CT molecular complexity index is 785. The molecule has 2 saturated carbocycles. The molecule has 0 radical (unpaired) electrons. The topological polar surface area (TPSA) is 83.5 Å². The summed E-state index contributed by atoms with van der Waals surface area (Å²) in [6, 6.07) is 6.93. The third-order valence-corrected chi connectivity index (χ3v) is 7.56. The van der Waals surface area contributed by atoms with Gasteiger partial charge in [0, 0.05) is 13.0 Å². The number of benzene rings is 1. The third-order valence-electron chi connectivity index (χ3n) is 6.12. The minimum atomic E-state index is -3.48. The molecule has 1 aromatic rings. The number of unbranched alkanes of at least 4 members (excludes halogenated alkanes) is 1. The summed E-state index contributed by atoms with van der Waals surface area (Å²) in [4.78, 5) is 10.9. The average Bonchev–Trinajstić information content (AvgIpc) is 3.21. The van der Waals surface area contributed by atoms with Crippen molar-refractivity contribution in [3.63, 3.8) is 0 Å². The number of allylic oxidation sites excluding steroid dienone is 2. The summed E-state index contributed by atoms with van der Waals surface area (Å²) in [5.74, 6) is 1.20. The van der Waals surface area contributed by atoms with Gasteiger partial charge in [-0.2, -0.15) is 0 Å². The monoisotopic (exact) mass is 391 g/mol. The number of carboxylic acid groups (broad SMARTS) is 1. The molecule has 1 aromatic carbocycles. The zero-order chi connectivity index (χ0) is 19.4. The lowest BCUT2D eigenvalue weighted by Crippen LogP contribution is -2.35. The first-order valence-corrected chi connectivity index (χ1v) is 11.3. The zero-order valence-corrected chi connectivity index (χ0v) is 16.6. The predicted molar refractivity (Wildman–Crippen MR) is 105 cm³/mol. The van der Waals surface area contributed by atoms with Gasteiger partial charge in [0.15, 0.2) is 0 Å². The van der Waals surface area contributed by atoms with Crippen molar-refractivity contribution in [3.8, 4) is 0 Å². The van der Waals surface area contributed by atoms with E-state index in [9.17, 15) is 13.2 Å². The van der Waals surface area contributed by atoms with E-state index in [1.54, 1.807) is 12.1 Å². The first-order chi connectivity index (χ1) is 12.9.